The zero-order valence-corrected chi connectivity index (χ0v) is 16.4. The van der Waals surface area contributed by atoms with Crippen molar-refractivity contribution in [1.82, 2.24) is 4.31 Å². The normalized spacial score (nSPS) is 14.9. The lowest BCUT2D eigenvalue weighted by atomic mass is 10.2. The third-order valence-corrected chi connectivity index (χ3v) is 6.17. The Balaban J connectivity index is 1.55. The van der Waals surface area contributed by atoms with Gasteiger partial charge in [0.05, 0.1) is 18.1 Å². The summed E-state index contributed by atoms with van der Waals surface area (Å²) in [7, 11) is -3.58. The molecule has 1 saturated heterocycles. The average Bonchev–Trinajstić information content (AvgIpc) is 2.73. The second kappa shape index (κ2) is 9.03. The lowest BCUT2D eigenvalue weighted by molar-refractivity contribution is -0.118. The number of carbonyl (C=O) groups excluding carboxylic acids is 2. The molecular formula is C19H21N3O6S. The van der Waals surface area contributed by atoms with E-state index in [0.717, 1.165) is 0 Å². The molecule has 9 nitrogen and oxygen atoms in total. The SMILES string of the molecule is NC(=O)c1ccc(OCC(=O)Nc2ccc(S(=O)(=O)N3CCOCC3)cc2)cc1. The zero-order chi connectivity index (χ0) is 20.9. The molecule has 2 amide bonds. The molecule has 0 spiro atoms. The van der Waals surface area contributed by atoms with Crippen molar-refractivity contribution >= 4 is 27.5 Å². The fourth-order valence-electron chi connectivity index (χ4n) is 2.71. The van der Waals surface area contributed by atoms with Gasteiger partial charge in [-0.3, -0.25) is 9.59 Å². The summed E-state index contributed by atoms with van der Waals surface area (Å²) in [6.45, 7) is 1.14. The molecule has 29 heavy (non-hydrogen) atoms. The lowest BCUT2D eigenvalue weighted by Gasteiger charge is -2.26. The summed E-state index contributed by atoms with van der Waals surface area (Å²) in [5, 5.41) is 2.63. The van der Waals surface area contributed by atoms with E-state index in [2.05, 4.69) is 5.32 Å². The first-order chi connectivity index (χ1) is 13.9. The Morgan fingerprint density at radius 1 is 1.03 bits per heavy atom. The first kappa shape index (κ1) is 20.8. The van der Waals surface area contributed by atoms with E-state index in [1.54, 1.807) is 12.1 Å². The first-order valence-corrected chi connectivity index (χ1v) is 10.3. The van der Waals surface area contributed by atoms with Crippen LogP contribution in [0.15, 0.2) is 53.4 Å². The first-order valence-electron chi connectivity index (χ1n) is 8.87. The topological polar surface area (TPSA) is 128 Å². The Morgan fingerprint density at radius 3 is 2.24 bits per heavy atom. The molecule has 1 fully saturated rings. The van der Waals surface area contributed by atoms with E-state index in [-0.39, 0.29) is 11.5 Å². The summed E-state index contributed by atoms with van der Waals surface area (Å²) in [6.07, 6.45) is 0. The quantitative estimate of drug-likeness (QED) is 0.684. The van der Waals surface area contributed by atoms with Gasteiger partial charge in [-0.2, -0.15) is 4.31 Å². The number of nitrogens with two attached hydrogens (primary N) is 1. The molecule has 0 saturated carbocycles. The highest BCUT2D eigenvalue weighted by molar-refractivity contribution is 7.89. The van der Waals surface area contributed by atoms with Crippen molar-refractivity contribution in [3.05, 3.63) is 54.1 Å². The number of rotatable bonds is 7. The van der Waals surface area contributed by atoms with Gasteiger partial charge in [0.25, 0.3) is 5.91 Å². The van der Waals surface area contributed by atoms with E-state index in [9.17, 15) is 18.0 Å². The largest absolute Gasteiger partial charge is 0.484 e. The van der Waals surface area contributed by atoms with Crippen LogP contribution in [0, 0.1) is 0 Å². The molecule has 3 rings (SSSR count). The number of nitrogens with one attached hydrogen (secondary N) is 1. The fraction of sp³-hybridized carbons (Fsp3) is 0.263. The van der Waals surface area contributed by atoms with Crippen LogP contribution < -0.4 is 15.8 Å². The molecule has 0 aliphatic carbocycles. The Kier molecular flexibility index (Phi) is 6.47. The maximum absolute atomic E-state index is 12.6. The molecule has 154 valence electrons. The lowest BCUT2D eigenvalue weighted by Crippen LogP contribution is -2.40. The highest BCUT2D eigenvalue weighted by Gasteiger charge is 2.26. The van der Waals surface area contributed by atoms with E-state index in [1.807, 2.05) is 0 Å². The standard InChI is InChI=1S/C19H21N3O6S/c20-19(24)14-1-5-16(6-2-14)28-13-18(23)21-15-3-7-17(8-4-15)29(25,26)22-9-11-27-12-10-22/h1-8H,9-13H2,(H2,20,24)(H,21,23). The van der Waals surface area contributed by atoms with Crippen molar-refractivity contribution in [2.45, 2.75) is 4.90 Å². The maximum Gasteiger partial charge on any atom is 0.262 e. The molecule has 0 unspecified atom stereocenters. The van der Waals surface area contributed by atoms with Crippen LogP contribution >= 0.6 is 0 Å². The number of ether oxygens (including phenoxy) is 2. The second-order valence-electron chi connectivity index (χ2n) is 6.27. The summed E-state index contributed by atoms with van der Waals surface area (Å²) >= 11 is 0. The van der Waals surface area contributed by atoms with E-state index < -0.39 is 21.8 Å². The van der Waals surface area contributed by atoms with Gasteiger partial charge in [-0.1, -0.05) is 0 Å². The molecule has 2 aromatic carbocycles. The van der Waals surface area contributed by atoms with Gasteiger partial charge in [0, 0.05) is 24.3 Å². The van der Waals surface area contributed by atoms with Crippen LogP contribution in [0.4, 0.5) is 5.69 Å². The average molecular weight is 419 g/mol. The van der Waals surface area contributed by atoms with Gasteiger partial charge in [-0.15, -0.1) is 0 Å². The molecule has 0 atom stereocenters. The van der Waals surface area contributed by atoms with Gasteiger partial charge in [-0.05, 0) is 48.5 Å². The Labute approximate surface area is 168 Å². The predicted octanol–water partition coefficient (Wildman–Crippen LogP) is 0.824. The molecular weight excluding hydrogens is 398 g/mol. The number of hydrogen-bond donors (Lipinski definition) is 2. The number of hydrogen-bond acceptors (Lipinski definition) is 6. The molecule has 1 heterocycles. The van der Waals surface area contributed by atoms with Gasteiger partial charge in [0.1, 0.15) is 5.75 Å². The van der Waals surface area contributed by atoms with Crippen LogP contribution in [0.25, 0.3) is 0 Å². The van der Waals surface area contributed by atoms with Crippen molar-refractivity contribution in [1.29, 1.82) is 0 Å². The third-order valence-electron chi connectivity index (χ3n) is 4.25. The molecule has 0 aromatic heterocycles. The second-order valence-corrected chi connectivity index (χ2v) is 8.20. The summed E-state index contributed by atoms with van der Waals surface area (Å²) in [5.74, 6) is -0.543. The third kappa shape index (κ3) is 5.31. The molecule has 2 aromatic rings. The number of amides is 2. The molecule has 1 aliphatic heterocycles. The maximum atomic E-state index is 12.6. The van der Waals surface area contributed by atoms with Gasteiger partial charge < -0.3 is 20.5 Å². The van der Waals surface area contributed by atoms with Gasteiger partial charge in [-0.25, -0.2) is 8.42 Å². The van der Waals surface area contributed by atoms with Crippen LogP contribution in [0.5, 0.6) is 5.75 Å². The van der Waals surface area contributed by atoms with Gasteiger partial charge in [0.15, 0.2) is 6.61 Å². The monoisotopic (exact) mass is 419 g/mol. The van der Waals surface area contributed by atoms with Crippen LogP contribution in [0.3, 0.4) is 0 Å². The zero-order valence-electron chi connectivity index (χ0n) is 15.5. The number of sulfonamides is 1. The number of carbonyl (C=O) groups is 2. The summed E-state index contributed by atoms with van der Waals surface area (Å²) in [4.78, 5) is 23.2. The van der Waals surface area contributed by atoms with E-state index in [0.29, 0.717) is 43.3 Å². The van der Waals surface area contributed by atoms with E-state index >= 15 is 0 Å². The van der Waals surface area contributed by atoms with Gasteiger partial charge in [0.2, 0.25) is 15.9 Å². The molecule has 10 heteroatoms. The minimum Gasteiger partial charge on any atom is -0.484 e. The van der Waals surface area contributed by atoms with Crippen LogP contribution in [0.2, 0.25) is 0 Å². The van der Waals surface area contributed by atoms with Gasteiger partial charge >= 0.3 is 0 Å². The molecule has 3 N–H and O–H groups in total. The van der Waals surface area contributed by atoms with Crippen molar-refractivity contribution in [2.24, 2.45) is 5.73 Å². The Hall–Kier alpha value is -2.95. The predicted molar refractivity (Wildman–Crippen MR) is 105 cm³/mol. The fourth-order valence-corrected chi connectivity index (χ4v) is 4.12. The smallest absolute Gasteiger partial charge is 0.262 e. The summed E-state index contributed by atoms with van der Waals surface area (Å²) in [5.41, 5.74) is 5.95. The Bertz CT molecular complexity index is 968. The van der Waals surface area contributed by atoms with Crippen molar-refractivity contribution < 1.29 is 27.5 Å². The summed E-state index contributed by atoms with van der Waals surface area (Å²) < 4.78 is 37.1. The van der Waals surface area contributed by atoms with E-state index in [1.165, 1.54) is 40.7 Å². The number of anilines is 1. The Morgan fingerprint density at radius 2 is 1.66 bits per heavy atom. The number of primary amides is 1. The highest BCUT2D eigenvalue weighted by Crippen LogP contribution is 2.19. The highest BCUT2D eigenvalue weighted by atomic mass is 32.2. The van der Waals surface area contributed by atoms with Crippen LogP contribution in [-0.2, 0) is 19.6 Å². The number of nitrogens with zero attached hydrogens (tertiary/aromatic N) is 1. The van der Waals surface area contributed by atoms with Crippen molar-refractivity contribution in [3.8, 4) is 5.75 Å². The molecule has 1 aliphatic rings. The summed E-state index contributed by atoms with van der Waals surface area (Å²) in [6, 6.07) is 12.0. The van der Waals surface area contributed by atoms with E-state index in [4.69, 9.17) is 15.2 Å². The minimum atomic E-state index is -3.58. The molecule has 0 bridgehead atoms. The van der Waals surface area contributed by atoms with Crippen LogP contribution in [-0.4, -0.2) is 57.4 Å². The molecule has 0 radical (unpaired) electrons. The number of benzene rings is 2. The van der Waals surface area contributed by atoms with Crippen molar-refractivity contribution in [2.75, 3.05) is 38.2 Å². The van der Waals surface area contributed by atoms with Crippen molar-refractivity contribution in [3.63, 3.8) is 0 Å². The minimum absolute atomic E-state index is 0.156. The van der Waals surface area contributed by atoms with Crippen LogP contribution in [0.1, 0.15) is 10.4 Å². The number of morpholine rings is 1.